The van der Waals surface area contributed by atoms with Crippen molar-refractivity contribution in [2.24, 2.45) is 11.3 Å². The van der Waals surface area contributed by atoms with Crippen molar-refractivity contribution in [2.75, 3.05) is 13.7 Å². The van der Waals surface area contributed by atoms with Crippen molar-refractivity contribution in [1.29, 1.82) is 0 Å². The molecule has 0 spiro atoms. The number of rotatable bonds is 15. The maximum atomic E-state index is 13.9. The molecule has 10 heteroatoms. The Morgan fingerprint density at radius 3 is 2.10 bits per heavy atom. The zero-order valence-electron chi connectivity index (χ0n) is 31.9. The van der Waals surface area contributed by atoms with E-state index in [1.54, 1.807) is 61.5 Å². The van der Waals surface area contributed by atoms with Crippen LogP contribution in [0, 0.1) is 11.3 Å². The summed E-state index contributed by atoms with van der Waals surface area (Å²) in [6.45, 7) is 16.4. The smallest absolute Gasteiger partial charge is 0.328 e. The molecule has 0 aliphatic carbocycles. The number of nitrogens with one attached hydrogen (secondary N) is 3. The second kappa shape index (κ2) is 18.8. The van der Waals surface area contributed by atoms with Crippen molar-refractivity contribution >= 4 is 29.5 Å². The fourth-order valence-corrected chi connectivity index (χ4v) is 6.30. The molecule has 1 saturated heterocycles. The summed E-state index contributed by atoms with van der Waals surface area (Å²) >= 11 is 0. The van der Waals surface area contributed by atoms with Crippen LogP contribution in [0.15, 0.2) is 66.2 Å². The Labute approximate surface area is 304 Å². The highest BCUT2D eigenvalue weighted by molar-refractivity contribution is 6.09. The SMILES string of the molecule is CCC(C)N1CCCCC1C(=O)N[C@H](C(=O)N[C@H](/C=C(\C)C(=O)N[C@@H](Cc1ccc(C(=O)c2ccccc2)cc1)C(=O)OC)C(C)C)C(C)(C)C. The van der Waals surface area contributed by atoms with E-state index in [-0.39, 0.29) is 42.0 Å². The van der Waals surface area contributed by atoms with Crippen LogP contribution in [0.1, 0.15) is 103 Å². The van der Waals surface area contributed by atoms with Gasteiger partial charge in [-0.3, -0.25) is 24.1 Å². The first kappa shape index (κ1) is 41.1. The van der Waals surface area contributed by atoms with Gasteiger partial charge in [-0.1, -0.05) is 109 Å². The Morgan fingerprint density at radius 2 is 1.53 bits per heavy atom. The number of benzene rings is 2. The molecule has 10 nitrogen and oxygen atoms in total. The van der Waals surface area contributed by atoms with Gasteiger partial charge in [0.2, 0.25) is 17.7 Å². The van der Waals surface area contributed by atoms with E-state index in [0.717, 1.165) is 37.8 Å². The molecule has 51 heavy (non-hydrogen) atoms. The standard InChI is InChI=1S/C41H58N4O6/c1-10-28(5)45-23-15-14-18-34(45)38(48)44-36(41(6,7)8)39(49)42-32(26(2)3)24-27(4)37(47)43-33(40(50)51-9)25-29-19-21-31(22-20-29)35(46)30-16-12-11-13-17-30/h11-13,16-17,19-22,24,26,28,32-34,36H,10,14-15,18,23,25H2,1-9H3,(H,42,49)(H,43,47)(H,44,48)/b27-24+/t28?,32-,33+,34?,36-/m1/s1. The summed E-state index contributed by atoms with van der Waals surface area (Å²) in [5.41, 5.74) is 1.57. The van der Waals surface area contributed by atoms with Gasteiger partial charge in [-0.15, -0.1) is 0 Å². The quantitative estimate of drug-likeness (QED) is 0.129. The molecule has 1 aliphatic rings. The first-order chi connectivity index (χ1) is 24.1. The van der Waals surface area contributed by atoms with Crippen molar-refractivity contribution in [2.45, 2.75) is 118 Å². The van der Waals surface area contributed by atoms with E-state index in [0.29, 0.717) is 16.7 Å². The van der Waals surface area contributed by atoms with E-state index in [2.05, 4.69) is 34.7 Å². The van der Waals surface area contributed by atoms with E-state index in [9.17, 15) is 24.0 Å². The third-order valence-corrected chi connectivity index (χ3v) is 9.72. The molecule has 2 aromatic rings. The van der Waals surface area contributed by atoms with Gasteiger partial charge in [-0.2, -0.15) is 0 Å². The lowest BCUT2D eigenvalue weighted by molar-refractivity contribution is -0.144. The number of ketones is 1. The predicted octanol–water partition coefficient (Wildman–Crippen LogP) is 5.39. The van der Waals surface area contributed by atoms with E-state index >= 15 is 0 Å². The largest absolute Gasteiger partial charge is 0.467 e. The predicted molar refractivity (Wildman–Crippen MR) is 200 cm³/mol. The summed E-state index contributed by atoms with van der Waals surface area (Å²) in [7, 11) is 1.26. The number of hydrogen-bond acceptors (Lipinski definition) is 7. The zero-order chi connectivity index (χ0) is 37.9. The minimum atomic E-state index is -0.983. The molecule has 0 aromatic heterocycles. The highest BCUT2D eigenvalue weighted by Gasteiger charge is 2.38. The molecule has 1 fully saturated rings. The van der Waals surface area contributed by atoms with Gasteiger partial charge >= 0.3 is 5.97 Å². The van der Waals surface area contributed by atoms with Crippen LogP contribution in [0.4, 0.5) is 0 Å². The summed E-state index contributed by atoms with van der Waals surface area (Å²) in [4.78, 5) is 68.7. The number of ether oxygens (including phenoxy) is 1. The van der Waals surface area contributed by atoms with Crippen LogP contribution in [0.5, 0.6) is 0 Å². The number of amides is 3. The Kier molecular flexibility index (Phi) is 15.1. The summed E-state index contributed by atoms with van der Waals surface area (Å²) in [5.74, 6) is -1.75. The molecule has 3 N–H and O–H groups in total. The lowest BCUT2D eigenvalue weighted by Crippen LogP contribution is -2.60. The fraction of sp³-hybridized carbons (Fsp3) is 0.537. The van der Waals surface area contributed by atoms with Gasteiger partial charge in [-0.25, -0.2) is 4.79 Å². The second-order valence-electron chi connectivity index (χ2n) is 15.1. The minimum Gasteiger partial charge on any atom is -0.467 e. The molecule has 5 atom stereocenters. The average Bonchev–Trinajstić information content (AvgIpc) is 3.12. The molecule has 2 unspecified atom stereocenters. The van der Waals surface area contributed by atoms with Crippen molar-refractivity contribution in [3.8, 4) is 0 Å². The summed E-state index contributed by atoms with van der Waals surface area (Å²) < 4.78 is 4.99. The molecule has 3 amide bonds. The van der Waals surface area contributed by atoms with Gasteiger partial charge in [0.25, 0.3) is 0 Å². The first-order valence-corrected chi connectivity index (χ1v) is 18.2. The lowest BCUT2D eigenvalue weighted by atomic mass is 9.85. The van der Waals surface area contributed by atoms with E-state index in [1.165, 1.54) is 7.11 Å². The number of likely N-dealkylation sites (tertiary alicyclic amines) is 1. The Bertz CT molecular complexity index is 1530. The maximum Gasteiger partial charge on any atom is 0.328 e. The van der Waals surface area contributed by atoms with Crippen LogP contribution in [-0.4, -0.2) is 78.2 Å². The van der Waals surface area contributed by atoms with Crippen molar-refractivity contribution in [3.05, 3.63) is 82.9 Å². The van der Waals surface area contributed by atoms with Gasteiger partial charge in [-0.05, 0) is 56.6 Å². The molecule has 0 bridgehead atoms. The van der Waals surface area contributed by atoms with Crippen LogP contribution in [0.25, 0.3) is 0 Å². The minimum absolute atomic E-state index is 0.0826. The van der Waals surface area contributed by atoms with Gasteiger partial charge in [0.05, 0.1) is 19.2 Å². The van der Waals surface area contributed by atoms with Gasteiger partial charge < -0.3 is 20.7 Å². The molecular formula is C41H58N4O6. The summed E-state index contributed by atoms with van der Waals surface area (Å²) in [6.07, 6.45) is 5.55. The fourth-order valence-electron chi connectivity index (χ4n) is 6.30. The number of carbonyl (C=O) groups excluding carboxylic acids is 5. The third-order valence-electron chi connectivity index (χ3n) is 9.72. The highest BCUT2D eigenvalue weighted by atomic mass is 16.5. The summed E-state index contributed by atoms with van der Waals surface area (Å²) in [5, 5.41) is 8.93. The molecule has 0 radical (unpaired) electrons. The Hall–Kier alpha value is -4.31. The van der Waals surface area contributed by atoms with Crippen LogP contribution >= 0.6 is 0 Å². The monoisotopic (exact) mass is 702 g/mol. The molecule has 278 valence electrons. The Balaban J connectivity index is 1.72. The lowest BCUT2D eigenvalue weighted by Gasteiger charge is -2.40. The van der Waals surface area contributed by atoms with Crippen molar-refractivity contribution in [1.82, 2.24) is 20.9 Å². The molecule has 1 heterocycles. The van der Waals surface area contributed by atoms with Crippen LogP contribution in [0.3, 0.4) is 0 Å². The molecular weight excluding hydrogens is 644 g/mol. The van der Waals surface area contributed by atoms with E-state index in [4.69, 9.17) is 4.74 Å². The molecule has 2 aromatic carbocycles. The van der Waals surface area contributed by atoms with E-state index < -0.39 is 35.4 Å². The van der Waals surface area contributed by atoms with Gasteiger partial charge in [0.15, 0.2) is 5.78 Å². The van der Waals surface area contributed by atoms with Crippen LogP contribution in [0.2, 0.25) is 0 Å². The van der Waals surface area contributed by atoms with Gasteiger partial charge in [0, 0.05) is 29.2 Å². The normalized spacial score (nSPS) is 17.8. The van der Waals surface area contributed by atoms with Crippen LogP contribution < -0.4 is 16.0 Å². The Morgan fingerprint density at radius 1 is 0.902 bits per heavy atom. The second-order valence-corrected chi connectivity index (χ2v) is 15.1. The maximum absolute atomic E-state index is 13.9. The topological polar surface area (TPSA) is 134 Å². The number of piperidine rings is 1. The molecule has 1 aliphatic heterocycles. The van der Waals surface area contributed by atoms with Crippen molar-refractivity contribution in [3.63, 3.8) is 0 Å². The number of nitrogens with zero attached hydrogens (tertiary/aromatic N) is 1. The molecule has 0 saturated carbocycles. The molecule has 3 rings (SSSR count). The van der Waals surface area contributed by atoms with Crippen LogP contribution in [-0.2, 0) is 30.3 Å². The van der Waals surface area contributed by atoms with Crippen molar-refractivity contribution < 1.29 is 28.7 Å². The average molecular weight is 703 g/mol. The van der Waals surface area contributed by atoms with Gasteiger partial charge in [0.1, 0.15) is 12.1 Å². The number of esters is 1. The number of carbonyl (C=O) groups is 5. The van der Waals surface area contributed by atoms with E-state index in [1.807, 2.05) is 40.7 Å². The third kappa shape index (κ3) is 11.6. The highest BCUT2D eigenvalue weighted by Crippen LogP contribution is 2.24. The zero-order valence-corrected chi connectivity index (χ0v) is 31.9. The number of hydrogen-bond donors (Lipinski definition) is 3. The first-order valence-electron chi connectivity index (χ1n) is 18.2. The number of methoxy groups -OCH3 is 1. The summed E-state index contributed by atoms with van der Waals surface area (Å²) in [6, 6.07) is 13.6.